The number of fused-ring (bicyclic) bond motifs is 1. The number of amides is 1. The van der Waals surface area contributed by atoms with Crippen molar-refractivity contribution in [2.45, 2.75) is 44.8 Å². The lowest BCUT2D eigenvalue weighted by Gasteiger charge is -2.12. The van der Waals surface area contributed by atoms with Crippen molar-refractivity contribution in [3.05, 3.63) is 30.2 Å². The van der Waals surface area contributed by atoms with Gasteiger partial charge in [-0.05, 0) is 31.9 Å². The quantitative estimate of drug-likeness (QED) is 0.825. The second-order valence-corrected chi connectivity index (χ2v) is 5.49. The maximum atomic E-state index is 11.8. The molecular weight excluding hydrogens is 284 g/mol. The molecule has 1 aromatic carbocycles. The molecule has 1 atom stereocenters. The second kappa shape index (κ2) is 6.17. The van der Waals surface area contributed by atoms with Crippen LogP contribution in [0.1, 0.15) is 32.1 Å². The van der Waals surface area contributed by atoms with Crippen LogP contribution in [0.25, 0.3) is 11.1 Å². The highest BCUT2D eigenvalue weighted by Crippen LogP contribution is 2.19. The number of para-hydroxylation sites is 2. The van der Waals surface area contributed by atoms with Gasteiger partial charge < -0.3 is 14.5 Å². The van der Waals surface area contributed by atoms with Crippen molar-refractivity contribution in [1.29, 1.82) is 0 Å². The van der Waals surface area contributed by atoms with Crippen LogP contribution in [-0.2, 0) is 20.7 Å². The van der Waals surface area contributed by atoms with Crippen LogP contribution in [0.4, 0.5) is 0 Å². The standard InChI is InChI=1S/C16H18N2O4/c1-10(16(20)17-11-6-7-11)21-15(19)9-8-14-18-12-4-2-3-5-13(12)22-14/h2-5,10-11H,6-9H2,1H3,(H,17,20)/t10-/m1/s1. The molecule has 1 aromatic heterocycles. The minimum Gasteiger partial charge on any atom is -0.453 e. The Bertz CT molecular complexity index is 657. The summed E-state index contributed by atoms with van der Waals surface area (Å²) in [5, 5.41) is 2.80. The number of carbonyl (C=O) groups excluding carboxylic acids is 2. The minimum atomic E-state index is -0.767. The molecule has 0 spiro atoms. The molecule has 6 nitrogen and oxygen atoms in total. The molecule has 1 aliphatic rings. The first-order chi connectivity index (χ1) is 10.6. The average molecular weight is 302 g/mol. The van der Waals surface area contributed by atoms with Crippen molar-refractivity contribution in [3.8, 4) is 0 Å². The lowest BCUT2D eigenvalue weighted by atomic mass is 10.3. The van der Waals surface area contributed by atoms with Crippen LogP contribution in [0.5, 0.6) is 0 Å². The van der Waals surface area contributed by atoms with Gasteiger partial charge in [0.05, 0.1) is 6.42 Å². The summed E-state index contributed by atoms with van der Waals surface area (Å²) in [5.74, 6) is -0.174. The Labute approximate surface area is 127 Å². The number of aromatic nitrogens is 1. The van der Waals surface area contributed by atoms with Crippen LogP contribution in [0, 0.1) is 0 Å². The van der Waals surface area contributed by atoms with Gasteiger partial charge in [0, 0.05) is 12.5 Å². The summed E-state index contributed by atoms with van der Waals surface area (Å²) < 4.78 is 10.6. The van der Waals surface area contributed by atoms with Crippen LogP contribution < -0.4 is 5.32 Å². The molecular formula is C16H18N2O4. The summed E-state index contributed by atoms with van der Waals surface area (Å²) in [6.45, 7) is 1.58. The van der Waals surface area contributed by atoms with E-state index in [0.717, 1.165) is 18.4 Å². The third kappa shape index (κ3) is 3.63. The minimum absolute atomic E-state index is 0.133. The van der Waals surface area contributed by atoms with E-state index in [1.165, 1.54) is 0 Å². The predicted octanol–water partition coefficient (Wildman–Crippen LogP) is 1.97. The summed E-state index contributed by atoms with van der Waals surface area (Å²) in [5.41, 5.74) is 1.46. The van der Waals surface area contributed by atoms with Crippen molar-refractivity contribution < 1.29 is 18.7 Å². The predicted molar refractivity (Wildman–Crippen MR) is 79.0 cm³/mol. The van der Waals surface area contributed by atoms with Gasteiger partial charge in [0.25, 0.3) is 5.91 Å². The highest BCUT2D eigenvalue weighted by atomic mass is 16.5. The molecule has 0 unspecified atom stereocenters. The van der Waals surface area contributed by atoms with E-state index < -0.39 is 12.1 Å². The monoisotopic (exact) mass is 302 g/mol. The molecule has 116 valence electrons. The van der Waals surface area contributed by atoms with E-state index in [4.69, 9.17) is 9.15 Å². The van der Waals surface area contributed by atoms with Crippen LogP contribution in [-0.4, -0.2) is 29.0 Å². The van der Waals surface area contributed by atoms with Crippen molar-refractivity contribution in [2.24, 2.45) is 0 Å². The number of hydrogen-bond donors (Lipinski definition) is 1. The Hall–Kier alpha value is -2.37. The molecule has 1 aliphatic carbocycles. The van der Waals surface area contributed by atoms with E-state index in [1.54, 1.807) is 6.92 Å². The zero-order chi connectivity index (χ0) is 15.5. The summed E-state index contributed by atoms with van der Waals surface area (Å²) in [4.78, 5) is 27.8. The molecule has 1 heterocycles. The van der Waals surface area contributed by atoms with Gasteiger partial charge in [0.1, 0.15) is 5.52 Å². The van der Waals surface area contributed by atoms with Crippen molar-refractivity contribution >= 4 is 23.0 Å². The largest absolute Gasteiger partial charge is 0.453 e. The molecule has 1 saturated carbocycles. The number of esters is 1. The maximum Gasteiger partial charge on any atom is 0.307 e. The molecule has 2 aromatic rings. The van der Waals surface area contributed by atoms with Gasteiger partial charge in [-0.25, -0.2) is 4.98 Å². The molecule has 0 bridgehead atoms. The van der Waals surface area contributed by atoms with Gasteiger partial charge in [-0.2, -0.15) is 0 Å². The number of ether oxygens (including phenoxy) is 1. The fraction of sp³-hybridized carbons (Fsp3) is 0.438. The topological polar surface area (TPSA) is 81.4 Å². The molecule has 0 saturated heterocycles. The van der Waals surface area contributed by atoms with Crippen LogP contribution in [0.3, 0.4) is 0 Å². The summed E-state index contributed by atoms with van der Waals surface area (Å²) >= 11 is 0. The summed E-state index contributed by atoms with van der Waals surface area (Å²) in [7, 11) is 0. The first kappa shape index (κ1) is 14.6. The molecule has 22 heavy (non-hydrogen) atoms. The Kier molecular flexibility index (Phi) is 4.09. The van der Waals surface area contributed by atoms with Gasteiger partial charge in [0.2, 0.25) is 0 Å². The van der Waals surface area contributed by atoms with E-state index >= 15 is 0 Å². The number of oxazole rings is 1. The smallest absolute Gasteiger partial charge is 0.307 e. The number of aryl methyl sites for hydroxylation is 1. The van der Waals surface area contributed by atoms with Crippen molar-refractivity contribution in [3.63, 3.8) is 0 Å². The number of nitrogens with one attached hydrogen (secondary N) is 1. The van der Waals surface area contributed by atoms with Crippen LogP contribution >= 0.6 is 0 Å². The molecule has 0 aliphatic heterocycles. The van der Waals surface area contributed by atoms with Gasteiger partial charge in [-0.15, -0.1) is 0 Å². The fourth-order valence-corrected chi connectivity index (χ4v) is 2.09. The zero-order valence-corrected chi connectivity index (χ0v) is 12.4. The van der Waals surface area contributed by atoms with Gasteiger partial charge in [0.15, 0.2) is 17.6 Å². The first-order valence-electron chi connectivity index (χ1n) is 7.46. The second-order valence-electron chi connectivity index (χ2n) is 5.49. The number of nitrogens with zero attached hydrogens (tertiary/aromatic N) is 1. The van der Waals surface area contributed by atoms with Gasteiger partial charge >= 0.3 is 5.97 Å². The number of carbonyl (C=O) groups is 2. The van der Waals surface area contributed by atoms with E-state index in [9.17, 15) is 9.59 Å². The number of benzene rings is 1. The normalized spacial score (nSPS) is 15.5. The summed E-state index contributed by atoms with van der Waals surface area (Å²) in [6.07, 6.45) is 1.73. The Morgan fingerprint density at radius 1 is 1.41 bits per heavy atom. The Morgan fingerprint density at radius 2 is 2.18 bits per heavy atom. The van der Waals surface area contributed by atoms with E-state index in [2.05, 4.69) is 10.3 Å². The van der Waals surface area contributed by atoms with Crippen LogP contribution in [0.2, 0.25) is 0 Å². The third-order valence-corrected chi connectivity index (χ3v) is 3.48. The molecule has 1 fully saturated rings. The van der Waals surface area contributed by atoms with Gasteiger partial charge in [-0.3, -0.25) is 9.59 Å². The van der Waals surface area contributed by atoms with E-state index in [0.29, 0.717) is 17.9 Å². The Balaban J connectivity index is 1.47. The zero-order valence-electron chi connectivity index (χ0n) is 12.4. The number of rotatable bonds is 6. The fourth-order valence-electron chi connectivity index (χ4n) is 2.09. The molecule has 1 amide bonds. The lowest BCUT2D eigenvalue weighted by Crippen LogP contribution is -2.37. The molecule has 6 heteroatoms. The third-order valence-electron chi connectivity index (χ3n) is 3.48. The Morgan fingerprint density at radius 3 is 2.91 bits per heavy atom. The van der Waals surface area contributed by atoms with Crippen molar-refractivity contribution in [2.75, 3.05) is 0 Å². The SMILES string of the molecule is C[C@@H](OC(=O)CCc1nc2ccccc2o1)C(=O)NC1CC1. The average Bonchev–Trinajstić information content (AvgIpc) is 3.21. The highest BCUT2D eigenvalue weighted by Gasteiger charge is 2.27. The lowest BCUT2D eigenvalue weighted by molar-refractivity contribution is -0.154. The van der Waals surface area contributed by atoms with Gasteiger partial charge in [-0.1, -0.05) is 12.1 Å². The molecule has 3 rings (SSSR count). The number of hydrogen-bond acceptors (Lipinski definition) is 5. The van der Waals surface area contributed by atoms with E-state index in [1.807, 2.05) is 24.3 Å². The molecule has 0 radical (unpaired) electrons. The molecule has 1 N–H and O–H groups in total. The van der Waals surface area contributed by atoms with Crippen molar-refractivity contribution in [1.82, 2.24) is 10.3 Å². The highest BCUT2D eigenvalue weighted by molar-refractivity contribution is 5.83. The van der Waals surface area contributed by atoms with Crippen LogP contribution in [0.15, 0.2) is 28.7 Å². The first-order valence-corrected chi connectivity index (χ1v) is 7.46. The van der Waals surface area contributed by atoms with E-state index in [-0.39, 0.29) is 18.4 Å². The summed E-state index contributed by atoms with van der Waals surface area (Å²) in [6, 6.07) is 7.68. The maximum absolute atomic E-state index is 11.8.